The van der Waals surface area contributed by atoms with Crippen LogP contribution in [-0.2, 0) is 6.61 Å². The van der Waals surface area contributed by atoms with Crippen LogP contribution in [0.2, 0.25) is 0 Å². The van der Waals surface area contributed by atoms with Crippen molar-refractivity contribution in [2.45, 2.75) is 37.5 Å². The van der Waals surface area contributed by atoms with Crippen molar-refractivity contribution in [3.05, 3.63) is 60.1 Å². The molecule has 6 rings (SSSR count). The van der Waals surface area contributed by atoms with Gasteiger partial charge in [0, 0.05) is 41.9 Å². The SMILES string of the molecule is FC1(F)CC2C=C(Nc3ccc4c(n3)OCc3cc(-c5cn[nH]c5)ccc3-4)CC1N2. The highest BCUT2D eigenvalue weighted by Crippen LogP contribution is 2.40. The van der Waals surface area contributed by atoms with Gasteiger partial charge >= 0.3 is 0 Å². The van der Waals surface area contributed by atoms with E-state index >= 15 is 0 Å². The molecule has 3 N–H and O–H groups in total. The van der Waals surface area contributed by atoms with Crippen LogP contribution < -0.4 is 15.4 Å². The van der Waals surface area contributed by atoms with Crippen molar-refractivity contribution >= 4 is 5.82 Å². The Morgan fingerprint density at radius 1 is 1.13 bits per heavy atom. The van der Waals surface area contributed by atoms with Gasteiger partial charge in [0.05, 0.1) is 12.2 Å². The van der Waals surface area contributed by atoms with Crippen LogP contribution in [0.25, 0.3) is 22.3 Å². The van der Waals surface area contributed by atoms with E-state index in [9.17, 15) is 8.78 Å². The topological polar surface area (TPSA) is 74.9 Å². The van der Waals surface area contributed by atoms with Crippen LogP contribution in [0.5, 0.6) is 5.88 Å². The first kappa shape index (κ1) is 17.6. The molecule has 0 saturated carbocycles. The van der Waals surface area contributed by atoms with E-state index in [1.807, 2.05) is 24.4 Å². The second-order valence-electron chi connectivity index (χ2n) is 8.01. The van der Waals surface area contributed by atoms with E-state index in [1.165, 1.54) is 0 Å². The average Bonchev–Trinajstić information content (AvgIpc) is 3.34. The molecule has 1 fully saturated rings. The molecule has 3 aliphatic heterocycles. The van der Waals surface area contributed by atoms with E-state index in [0.29, 0.717) is 18.3 Å². The number of aromatic nitrogens is 3. The summed E-state index contributed by atoms with van der Waals surface area (Å²) in [6.07, 6.45) is 5.59. The van der Waals surface area contributed by atoms with Crippen LogP contribution in [0.3, 0.4) is 0 Å². The summed E-state index contributed by atoms with van der Waals surface area (Å²) in [4.78, 5) is 4.59. The third-order valence-corrected chi connectivity index (χ3v) is 5.98. The minimum Gasteiger partial charge on any atom is -0.472 e. The Bertz CT molecular complexity index is 1160. The molecule has 0 amide bonds. The summed E-state index contributed by atoms with van der Waals surface area (Å²) >= 11 is 0. The molecule has 3 aliphatic rings. The molecule has 2 bridgehead atoms. The highest BCUT2D eigenvalue weighted by molar-refractivity contribution is 5.78. The maximum Gasteiger partial charge on any atom is 0.265 e. The Hall–Kier alpha value is -3.26. The number of nitrogens with one attached hydrogen (secondary N) is 3. The molecule has 2 unspecified atom stereocenters. The van der Waals surface area contributed by atoms with Gasteiger partial charge in [0.25, 0.3) is 5.92 Å². The molecule has 2 atom stereocenters. The predicted molar refractivity (Wildman–Crippen MR) is 108 cm³/mol. The van der Waals surface area contributed by atoms with E-state index in [4.69, 9.17) is 4.74 Å². The maximum atomic E-state index is 13.9. The number of hydrogen-bond donors (Lipinski definition) is 3. The smallest absolute Gasteiger partial charge is 0.265 e. The molecule has 0 radical (unpaired) electrons. The summed E-state index contributed by atoms with van der Waals surface area (Å²) in [7, 11) is 0. The lowest BCUT2D eigenvalue weighted by atomic mass is 9.95. The largest absolute Gasteiger partial charge is 0.472 e. The lowest BCUT2D eigenvalue weighted by Crippen LogP contribution is -2.40. The summed E-state index contributed by atoms with van der Waals surface area (Å²) in [6.45, 7) is 0.424. The van der Waals surface area contributed by atoms with Gasteiger partial charge in [0.2, 0.25) is 5.88 Å². The number of halogens is 2. The summed E-state index contributed by atoms with van der Waals surface area (Å²) in [5.41, 5.74) is 5.96. The van der Waals surface area contributed by atoms with Crippen molar-refractivity contribution in [1.29, 1.82) is 0 Å². The van der Waals surface area contributed by atoms with E-state index < -0.39 is 12.0 Å². The van der Waals surface area contributed by atoms with Gasteiger partial charge in [-0.25, -0.2) is 8.78 Å². The third-order valence-electron chi connectivity index (χ3n) is 5.98. The standard InChI is InChI=1S/C22H19F2N5O/c23-22(24)8-16-6-15(7-19(22)27-16)28-20-4-3-18-17-2-1-12(14-9-25-26-10-14)5-13(17)11-30-21(18)29-20/h1-6,9-10,16,19,27H,7-8,11H2,(H,25,26)(H,28,29). The van der Waals surface area contributed by atoms with Crippen LogP contribution in [0, 0.1) is 0 Å². The third kappa shape index (κ3) is 2.87. The lowest BCUT2D eigenvalue weighted by molar-refractivity contribution is -0.0103. The van der Waals surface area contributed by atoms with Crippen molar-refractivity contribution in [1.82, 2.24) is 20.5 Å². The zero-order chi connectivity index (χ0) is 20.3. The van der Waals surface area contributed by atoms with Crippen LogP contribution in [0.1, 0.15) is 18.4 Å². The predicted octanol–water partition coefficient (Wildman–Crippen LogP) is 4.10. The maximum absolute atomic E-state index is 13.9. The van der Waals surface area contributed by atoms with Gasteiger partial charge in [0.15, 0.2) is 0 Å². The second-order valence-corrected chi connectivity index (χ2v) is 8.01. The van der Waals surface area contributed by atoms with Crippen LogP contribution >= 0.6 is 0 Å². The van der Waals surface area contributed by atoms with Gasteiger partial charge in [-0.05, 0) is 41.0 Å². The number of fused-ring (bicyclic) bond motifs is 5. The molecule has 3 aromatic rings. The lowest BCUT2D eigenvalue weighted by Gasteiger charge is -2.25. The summed E-state index contributed by atoms with van der Waals surface area (Å²) in [5, 5.41) is 13.0. The van der Waals surface area contributed by atoms with Gasteiger partial charge in [-0.15, -0.1) is 0 Å². The quantitative estimate of drug-likeness (QED) is 0.610. The average molecular weight is 407 g/mol. The number of benzene rings is 1. The molecule has 0 spiro atoms. The van der Waals surface area contributed by atoms with Gasteiger partial charge in [-0.3, -0.25) is 5.10 Å². The molecule has 1 aromatic carbocycles. The first-order valence-electron chi connectivity index (χ1n) is 9.93. The first-order chi connectivity index (χ1) is 14.5. The summed E-state index contributed by atoms with van der Waals surface area (Å²) in [6, 6.07) is 8.94. The van der Waals surface area contributed by atoms with E-state index in [-0.39, 0.29) is 18.9 Å². The van der Waals surface area contributed by atoms with E-state index in [2.05, 4.69) is 44.0 Å². The van der Waals surface area contributed by atoms with Crippen molar-refractivity contribution in [3.63, 3.8) is 0 Å². The van der Waals surface area contributed by atoms with Crippen molar-refractivity contribution < 1.29 is 13.5 Å². The number of anilines is 1. The van der Waals surface area contributed by atoms with Gasteiger partial charge in [-0.2, -0.15) is 10.1 Å². The molecule has 1 saturated heterocycles. The molecule has 5 heterocycles. The monoisotopic (exact) mass is 407 g/mol. The fourth-order valence-electron chi connectivity index (χ4n) is 4.51. The Kier molecular flexibility index (Phi) is 3.73. The van der Waals surface area contributed by atoms with Crippen molar-refractivity contribution in [2.75, 3.05) is 5.32 Å². The zero-order valence-electron chi connectivity index (χ0n) is 16.0. The number of H-pyrrole nitrogens is 1. The molecule has 0 aliphatic carbocycles. The molecule has 152 valence electrons. The molecular formula is C22H19F2N5O. The number of ether oxygens (including phenoxy) is 1. The fourth-order valence-corrected chi connectivity index (χ4v) is 4.51. The number of aromatic amines is 1. The Balaban J connectivity index is 1.26. The number of hydrogen-bond acceptors (Lipinski definition) is 5. The number of nitrogens with zero attached hydrogens (tertiary/aromatic N) is 2. The van der Waals surface area contributed by atoms with Crippen LogP contribution in [0.4, 0.5) is 14.6 Å². The van der Waals surface area contributed by atoms with Crippen LogP contribution in [0.15, 0.2) is 54.5 Å². The molecule has 2 aromatic heterocycles. The minimum atomic E-state index is -2.67. The second kappa shape index (κ2) is 6.37. The van der Waals surface area contributed by atoms with Crippen molar-refractivity contribution in [2.24, 2.45) is 0 Å². The molecule has 6 nitrogen and oxygen atoms in total. The molecule has 30 heavy (non-hydrogen) atoms. The zero-order valence-corrected chi connectivity index (χ0v) is 16.0. The fraction of sp³-hybridized carbons (Fsp3) is 0.273. The first-order valence-corrected chi connectivity index (χ1v) is 9.93. The van der Waals surface area contributed by atoms with Gasteiger partial charge in [-0.1, -0.05) is 12.1 Å². The summed E-state index contributed by atoms with van der Waals surface area (Å²) < 4.78 is 33.8. The highest BCUT2D eigenvalue weighted by Gasteiger charge is 2.50. The number of alkyl halides is 2. The van der Waals surface area contributed by atoms with Gasteiger partial charge < -0.3 is 15.4 Å². The summed E-state index contributed by atoms with van der Waals surface area (Å²) in [5.74, 6) is -1.52. The molecule has 8 heteroatoms. The van der Waals surface area contributed by atoms with Crippen molar-refractivity contribution in [3.8, 4) is 28.1 Å². The minimum absolute atomic E-state index is 0.152. The van der Waals surface area contributed by atoms with Gasteiger partial charge in [0.1, 0.15) is 12.4 Å². The van der Waals surface area contributed by atoms with E-state index in [1.54, 1.807) is 6.20 Å². The molecular weight excluding hydrogens is 388 g/mol. The van der Waals surface area contributed by atoms with Crippen LogP contribution in [-0.4, -0.2) is 33.2 Å². The van der Waals surface area contributed by atoms with E-state index in [0.717, 1.165) is 33.5 Å². The highest BCUT2D eigenvalue weighted by atomic mass is 19.3. The number of rotatable bonds is 3. The normalized spacial score (nSPS) is 23.2. The number of pyridine rings is 1. The Morgan fingerprint density at radius 3 is 2.87 bits per heavy atom. The Labute approximate surface area is 171 Å². The Morgan fingerprint density at radius 2 is 2.03 bits per heavy atom.